The lowest BCUT2D eigenvalue weighted by atomic mass is 10.1. The second-order valence-corrected chi connectivity index (χ2v) is 8.44. The van der Waals surface area contributed by atoms with Crippen LogP contribution in [0.4, 0.5) is 0 Å². The van der Waals surface area contributed by atoms with E-state index in [0.717, 1.165) is 20.1 Å². The maximum Gasteiger partial charge on any atom is 0.271 e. The molecule has 0 heterocycles. The summed E-state index contributed by atoms with van der Waals surface area (Å²) >= 11 is 12.9. The third-order valence-corrected chi connectivity index (χ3v) is 5.40. The van der Waals surface area contributed by atoms with Crippen molar-refractivity contribution >= 4 is 55.6 Å². The second-order valence-electron chi connectivity index (χ2n) is 6.30. The fraction of sp³-hybridized carbons (Fsp3) is 0.0909. The standard InChI is InChI=1S/C22H17Br2ClN2O2/c1-14-3-2-4-15(9-14)13-29-21-19(23)10-16(11-20(21)24)12-26-27-22(28)17-5-7-18(25)8-6-17/h2-12H,13H2,1H3,(H,27,28)/b26-12-. The van der Waals surface area contributed by atoms with Crippen molar-refractivity contribution in [1.29, 1.82) is 0 Å². The number of rotatable bonds is 6. The normalized spacial score (nSPS) is 10.9. The van der Waals surface area contributed by atoms with Crippen LogP contribution >= 0.6 is 43.5 Å². The van der Waals surface area contributed by atoms with Crippen LogP contribution in [0.15, 0.2) is 74.7 Å². The Kier molecular flexibility index (Phi) is 7.47. The summed E-state index contributed by atoms with van der Waals surface area (Å²) in [6.45, 7) is 2.51. The maximum absolute atomic E-state index is 12.1. The highest BCUT2D eigenvalue weighted by Crippen LogP contribution is 2.35. The molecule has 0 aliphatic heterocycles. The molecule has 148 valence electrons. The molecule has 0 saturated heterocycles. The summed E-state index contributed by atoms with van der Waals surface area (Å²) in [6, 6.07) is 18.5. The predicted octanol–water partition coefficient (Wildman–Crippen LogP) is 6.52. The first kappa shape index (κ1) is 21.6. The molecule has 0 aliphatic rings. The van der Waals surface area contributed by atoms with Crippen LogP contribution < -0.4 is 10.2 Å². The molecule has 1 amide bonds. The summed E-state index contributed by atoms with van der Waals surface area (Å²) in [5, 5.41) is 4.59. The first-order valence-corrected chi connectivity index (χ1v) is 10.6. The van der Waals surface area contributed by atoms with Crippen LogP contribution in [0.25, 0.3) is 0 Å². The maximum atomic E-state index is 12.1. The van der Waals surface area contributed by atoms with Gasteiger partial charge in [-0.1, -0.05) is 41.4 Å². The predicted molar refractivity (Wildman–Crippen MR) is 124 cm³/mol. The van der Waals surface area contributed by atoms with Crippen molar-refractivity contribution < 1.29 is 9.53 Å². The Hall–Kier alpha value is -2.15. The highest BCUT2D eigenvalue weighted by Gasteiger charge is 2.09. The first-order chi connectivity index (χ1) is 13.9. The summed E-state index contributed by atoms with van der Waals surface area (Å²) in [6.07, 6.45) is 1.56. The zero-order chi connectivity index (χ0) is 20.8. The van der Waals surface area contributed by atoms with Gasteiger partial charge in [-0.15, -0.1) is 0 Å². The van der Waals surface area contributed by atoms with Gasteiger partial charge in [0.25, 0.3) is 5.91 Å². The molecule has 29 heavy (non-hydrogen) atoms. The third-order valence-electron chi connectivity index (χ3n) is 3.97. The zero-order valence-electron chi connectivity index (χ0n) is 15.5. The average molecular weight is 537 g/mol. The van der Waals surface area contributed by atoms with Gasteiger partial charge in [0.2, 0.25) is 0 Å². The lowest BCUT2D eigenvalue weighted by molar-refractivity contribution is 0.0955. The van der Waals surface area contributed by atoms with Gasteiger partial charge in [0.05, 0.1) is 15.2 Å². The third kappa shape index (κ3) is 6.16. The molecule has 0 saturated carbocycles. The van der Waals surface area contributed by atoms with Crippen LogP contribution in [0.3, 0.4) is 0 Å². The summed E-state index contributed by atoms with van der Waals surface area (Å²) < 4.78 is 7.52. The summed E-state index contributed by atoms with van der Waals surface area (Å²) in [4.78, 5) is 12.1. The number of aryl methyl sites for hydroxylation is 1. The van der Waals surface area contributed by atoms with E-state index < -0.39 is 0 Å². The Bertz CT molecular complexity index is 1030. The van der Waals surface area contributed by atoms with E-state index in [1.807, 2.05) is 24.3 Å². The number of carbonyl (C=O) groups is 1. The largest absolute Gasteiger partial charge is 0.487 e. The molecule has 0 bridgehead atoms. The van der Waals surface area contributed by atoms with Crippen LogP contribution in [0, 0.1) is 6.92 Å². The Labute approximate surface area is 191 Å². The summed E-state index contributed by atoms with van der Waals surface area (Å²) in [7, 11) is 0. The van der Waals surface area contributed by atoms with E-state index >= 15 is 0 Å². The topological polar surface area (TPSA) is 50.7 Å². The molecular formula is C22H17Br2ClN2O2. The van der Waals surface area contributed by atoms with Gasteiger partial charge in [-0.2, -0.15) is 5.10 Å². The first-order valence-electron chi connectivity index (χ1n) is 8.69. The summed E-state index contributed by atoms with van der Waals surface area (Å²) in [5.41, 5.74) is 6.06. The zero-order valence-corrected chi connectivity index (χ0v) is 19.4. The van der Waals surface area contributed by atoms with Crippen molar-refractivity contribution in [2.24, 2.45) is 5.10 Å². The van der Waals surface area contributed by atoms with Gasteiger partial charge in [0.15, 0.2) is 0 Å². The number of ether oxygens (including phenoxy) is 1. The second kappa shape index (κ2) is 10.1. The average Bonchev–Trinajstić information content (AvgIpc) is 2.68. The number of halogens is 3. The molecule has 3 aromatic carbocycles. The van der Waals surface area contributed by atoms with Crippen LogP contribution in [0.1, 0.15) is 27.0 Å². The van der Waals surface area contributed by atoms with Crippen LogP contribution in [-0.4, -0.2) is 12.1 Å². The number of amides is 1. The molecule has 3 aromatic rings. The van der Waals surface area contributed by atoms with Gasteiger partial charge < -0.3 is 4.74 Å². The molecule has 0 aliphatic carbocycles. The van der Waals surface area contributed by atoms with Gasteiger partial charge in [-0.25, -0.2) is 5.43 Å². The van der Waals surface area contributed by atoms with Gasteiger partial charge in [0.1, 0.15) is 12.4 Å². The number of carbonyl (C=O) groups excluding carboxylic acids is 1. The van der Waals surface area contributed by atoms with Crippen LogP contribution in [0.2, 0.25) is 5.02 Å². The number of nitrogens with one attached hydrogen (secondary N) is 1. The molecule has 3 rings (SSSR count). The molecule has 7 heteroatoms. The molecule has 0 unspecified atom stereocenters. The van der Waals surface area contributed by atoms with E-state index in [1.165, 1.54) is 5.56 Å². The van der Waals surface area contributed by atoms with Crippen LogP contribution in [0.5, 0.6) is 5.75 Å². The van der Waals surface area contributed by atoms with Gasteiger partial charge in [-0.3, -0.25) is 4.79 Å². The molecule has 0 fully saturated rings. The van der Waals surface area contributed by atoms with E-state index in [0.29, 0.717) is 22.9 Å². The van der Waals surface area contributed by atoms with Crippen molar-refractivity contribution in [1.82, 2.24) is 5.43 Å². The molecule has 0 atom stereocenters. The van der Waals surface area contributed by atoms with E-state index in [2.05, 4.69) is 61.4 Å². The Morgan fingerprint density at radius 2 is 1.79 bits per heavy atom. The highest BCUT2D eigenvalue weighted by atomic mass is 79.9. The Morgan fingerprint density at radius 1 is 1.10 bits per heavy atom. The minimum absolute atomic E-state index is 0.311. The van der Waals surface area contributed by atoms with Crippen molar-refractivity contribution in [3.05, 3.63) is 96.9 Å². The van der Waals surface area contributed by atoms with Crippen molar-refractivity contribution in [3.8, 4) is 5.75 Å². The monoisotopic (exact) mass is 534 g/mol. The lowest BCUT2D eigenvalue weighted by Gasteiger charge is -2.11. The van der Waals surface area contributed by atoms with Gasteiger partial charge >= 0.3 is 0 Å². The van der Waals surface area contributed by atoms with Crippen molar-refractivity contribution in [3.63, 3.8) is 0 Å². The number of hydrogen-bond donors (Lipinski definition) is 1. The Morgan fingerprint density at radius 3 is 2.45 bits per heavy atom. The minimum atomic E-state index is -0.311. The quantitative estimate of drug-likeness (QED) is 0.288. The molecular weight excluding hydrogens is 520 g/mol. The Balaban J connectivity index is 1.64. The van der Waals surface area contributed by atoms with E-state index in [-0.39, 0.29) is 5.91 Å². The molecule has 0 aromatic heterocycles. The number of hydrazone groups is 1. The minimum Gasteiger partial charge on any atom is -0.487 e. The summed E-state index contributed by atoms with van der Waals surface area (Å²) in [5.74, 6) is 0.392. The fourth-order valence-corrected chi connectivity index (χ4v) is 4.16. The number of benzene rings is 3. The van der Waals surface area contributed by atoms with Crippen LogP contribution in [-0.2, 0) is 6.61 Å². The SMILES string of the molecule is Cc1cccc(COc2c(Br)cc(/C=N\NC(=O)c3ccc(Cl)cc3)cc2Br)c1. The van der Waals surface area contributed by atoms with E-state index in [4.69, 9.17) is 16.3 Å². The fourth-order valence-electron chi connectivity index (χ4n) is 2.58. The highest BCUT2D eigenvalue weighted by molar-refractivity contribution is 9.11. The van der Waals surface area contributed by atoms with Crippen molar-refractivity contribution in [2.75, 3.05) is 0 Å². The van der Waals surface area contributed by atoms with Gasteiger partial charge in [-0.05, 0) is 86.3 Å². The molecule has 4 nitrogen and oxygen atoms in total. The van der Waals surface area contributed by atoms with E-state index in [9.17, 15) is 4.79 Å². The van der Waals surface area contributed by atoms with Crippen molar-refractivity contribution in [2.45, 2.75) is 13.5 Å². The lowest BCUT2D eigenvalue weighted by Crippen LogP contribution is -2.17. The number of nitrogens with zero attached hydrogens (tertiary/aromatic N) is 1. The van der Waals surface area contributed by atoms with E-state index in [1.54, 1.807) is 30.5 Å². The smallest absolute Gasteiger partial charge is 0.271 e. The molecule has 0 spiro atoms. The van der Waals surface area contributed by atoms with Gasteiger partial charge in [0, 0.05) is 10.6 Å². The molecule has 1 N–H and O–H groups in total. The number of hydrogen-bond acceptors (Lipinski definition) is 3. The molecule has 0 radical (unpaired) electrons.